The molecule has 0 radical (unpaired) electrons. The molecular formula is C19H26N2O2. The molecule has 1 aromatic carbocycles. The molecule has 1 aliphatic rings. The van der Waals surface area contributed by atoms with Crippen LogP contribution in [0.4, 0.5) is 0 Å². The number of fused-ring (bicyclic) bond motifs is 1. The largest absolute Gasteiger partial charge is 0.490 e. The molecule has 2 atom stereocenters. The van der Waals surface area contributed by atoms with Crippen molar-refractivity contribution in [3.8, 4) is 5.75 Å². The second-order valence-electron chi connectivity index (χ2n) is 6.74. The number of aromatic nitrogens is 1. The van der Waals surface area contributed by atoms with E-state index in [1.165, 1.54) is 25.9 Å². The van der Waals surface area contributed by atoms with E-state index >= 15 is 0 Å². The van der Waals surface area contributed by atoms with Crippen molar-refractivity contribution < 1.29 is 4.74 Å². The number of hydrogen-bond acceptors (Lipinski definition) is 3. The molecule has 1 N–H and O–H groups in total. The Labute approximate surface area is 137 Å². The van der Waals surface area contributed by atoms with Crippen molar-refractivity contribution in [3.63, 3.8) is 0 Å². The zero-order valence-corrected chi connectivity index (χ0v) is 14.0. The molecule has 2 aromatic rings. The summed E-state index contributed by atoms with van der Waals surface area (Å²) in [7, 11) is 2.21. The number of hydrogen-bond donors (Lipinski definition) is 1. The van der Waals surface area contributed by atoms with Crippen LogP contribution < -0.4 is 10.3 Å². The van der Waals surface area contributed by atoms with Gasteiger partial charge in [-0.3, -0.25) is 4.79 Å². The van der Waals surface area contributed by atoms with Crippen molar-refractivity contribution >= 4 is 10.8 Å². The highest BCUT2D eigenvalue weighted by molar-refractivity contribution is 5.82. The summed E-state index contributed by atoms with van der Waals surface area (Å²) in [6, 6.07) is 7.65. The topological polar surface area (TPSA) is 45.3 Å². The summed E-state index contributed by atoms with van der Waals surface area (Å²) >= 11 is 0. The van der Waals surface area contributed by atoms with Crippen molar-refractivity contribution in [1.29, 1.82) is 0 Å². The van der Waals surface area contributed by atoms with Gasteiger partial charge in [0.25, 0.3) is 5.56 Å². The van der Waals surface area contributed by atoms with Gasteiger partial charge in [-0.05, 0) is 74.8 Å². The Kier molecular flexibility index (Phi) is 5.01. The van der Waals surface area contributed by atoms with Gasteiger partial charge in [0, 0.05) is 18.1 Å². The van der Waals surface area contributed by atoms with Crippen molar-refractivity contribution in [2.45, 2.75) is 38.7 Å². The first-order chi connectivity index (χ1) is 11.2. The fourth-order valence-electron chi connectivity index (χ4n) is 3.65. The molecule has 1 heterocycles. The van der Waals surface area contributed by atoms with E-state index in [0.717, 1.165) is 29.9 Å². The lowest BCUT2D eigenvalue weighted by Crippen LogP contribution is -2.26. The van der Waals surface area contributed by atoms with Gasteiger partial charge >= 0.3 is 0 Å². The van der Waals surface area contributed by atoms with E-state index in [2.05, 4.69) is 23.9 Å². The summed E-state index contributed by atoms with van der Waals surface area (Å²) in [5, 5.41) is 1.65. The van der Waals surface area contributed by atoms with Gasteiger partial charge in [0.1, 0.15) is 5.75 Å². The molecule has 1 saturated carbocycles. The molecule has 0 amide bonds. The maximum absolute atomic E-state index is 11.7. The van der Waals surface area contributed by atoms with E-state index in [1.807, 2.05) is 24.3 Å². The van der Waals surface area contributed by atoms with Gasteiger partial charge in [-0.2, -0.15) is 0 Å². The predicted octanol–water partition coefficient (Wildman–Crippen LogP) is 3.42. The van der Waals surface area contributed by atoms with Crippen LogP contribution in [0.1, 0.15) is 32.6 Å². The third-order valence-corrected chi connectivity index (χ3v) is 4.72. The number of rotatable bonds is 6. The summed E-state index contributed by atoms with van der Waals surface area (Å²) in [4.78, 5) is 16.9. The number of nitrogens with one attached hydrogen (secondary N) is 1. The van der Waals surface area contributed by atoms with Crippen LogP contribution in [0.5, 0.6) is 5.75 Å². The van der Waals surface area contributed by atoms with Crippen LogP contribution in [0.3, 0.4) is 0 Å². The summed E-state index contributed by atoms with van der Waals surface area (Å²) in [5.74, 6) is 1.61. The van der Waals surface area contributed by atoms with Crippen molar-refractivity contribution in [3.05, 3.63) is 40.8 Å². The highest BCUT2D eigenvalue weighted by atomic mass is 16.5. The van der Waals surface area contributed by atoms with Gasteiger partial charge in [-0.1, -0.05) is 6.92 Å². The van der Waals surface area contributed by atoms with Crippen LogP contribution >= 0.6 is 0 Å². The zero-order chi connectivity index (χ0) is 16.2. The second-order valence-corrected chi connectivity index (χ2v) is 6.74. The molecule has 0 unspecified atom stereocenters. The van der Waals surface area contributed by atoms with Crippen molar-refractivity contribution in [2.24, 2.45) is 5.92 Å². The number of nitrogens with zero attached hydrogens (tertiary/aromatic N) is 1. The van der Waals surface area contributed by atoms with Crippen molar-refractivity contribution in [2.75, 3.05) is 20.1 Å². The lowest BCUT2D eigenvalue weighted by atomic mass is 10.1. The maximum Gasteiger partial charge on any atom is 0.255 e. The van der Waals surface area contributed by atoms with E-state index in [-0.39, 0.29) is 5.56 Å². The Bertz CT molecular complexity index is 710. The lowest BCUT2D eigenvalue weighted by Gasteiger charge is -2.20. The Morgan fingerprint density at radius 1 is 1.30 bits per heavy atom. The standard InChI is InChI=1S/C19H26N2O2/c1-3-10-21(2)13-14-4-5-16(11-14)23-17-6-7-18-15(12-17)8-9-20-19(18)22/h6-9,12,14,16H,3-5,10-11,13H2,1-2H3,(H,20,22)/t14-,16-/m0/s1. The van der Waals surface area contributed by atoms with Gasteiger partial charge in [0.05, 0.1) is 6.10 Å². The maximum atomic E-state index is 11.7. The average Bonchev–Trinajstić information content (AvgIpc) is 2.94. The van der Waals surface area contributed by atoms with E-state index < -0.39 is 0 Å². The van der Waals surface area contributed by atoms with Crippen LogP contribution in [0, 0.1) is 5.92 Å². The van der Waals surface area contributed by atoms with Crippen LogP contribution in [-0.2, 0) is 0 Å². The van der Waals surface area contributed by atoms with E-state index in [1.54, 1.807) is 6.20 Å². The van der Waals surface area contributed by atoms with Crippen LogP contribution in [0.25, 0.3) is 10.8 Å². The predicted molar refractivity (Wildman–Crippen MR) is 94.1 cm³/mol. The number of benzene rings is 1. The number of H-pyrrole nitrogens is 1. The van der Waals surface area contributed by atoms with Crippen molar-refractivity contribution in [1.82, 2.24) is 9.88 Å². The minimum Gasteiger partial charge on any atom is -0.490 e. The van der Waals surface area contributed by atoms with E-state index in [4.69, 9.17) is 4.74 Å². The first-order valence-corrected chi connectivity index (χ1v) is 8.62. The molecule has 0 aliphatic heterocycles. The molecule has 3 rings (SSSR count). The Hall–Kier alpha value is -1.81. The molecule has 23 heavy (non-hydrogen) atoms. The molecule has 0 bridgehead atoms. The molecule has 1 aromatic heterocycles. The van der Waals surface area contributed by atoms with Crippen LogP contribution in [0.2, 0.25) is 0 Å². The van der Waals surface area contributed by atoms with Crippen LogP contribution in [-0.4, -0.2) is 36.1 Å². The first kappa shape index (κ1) is 16.1. The van der Waals surface area contributed by atoms with Gasteiger partial charge in [-0.15, -0.1) is 0 Å². The highest BCUT2D eigenvalue weighted by Crippen LogP contribution is 2.30. The van der Waals surface area contributed by atoms with Crippen LogP contribution in [0.15, 0.2) is 35.3 Å². The average molecular weight is 314 g/mol. The second kappa shape index (κ2) is 7.18. The summed E-state index contributed by atoms with van der Waals surface area (Å²) in [6.07, 6.45) is 6.68. The quantitative estimate of drug-likeness (QED) is 0.888. The zero-order valence-electron chi connectivity index (χ0n) is 14.0. The fraction of sp³-hybridized carbons (Fsp3) is 0.526. The minimum atomic E-state index is -0.0473. The van der Waals surface area contributed by atoms with E-state index in [0.29, 0.717) is 11.5 Å². The highest BCUT2D eigenvalue weighted by Gasteiger charge is 2.26. The molecule has 124 valence electrons. The smallest absolute Gasteiger partial charge is 0.255 e. The molecular weight excluding hydrogens is 288 g/mol. The summed E-state index contributed by atoms with van der Waals surface area (Å²) < 4.78 is 6.16. The van der Waals surface area contributed by atoms with Gasteiger partial charge in [-0.25, -0.2) is 0 Å². The lowest BCUT2D eigenvalue weighted by molar-refractivity contribution is 0.196. The first-order valence-electron chi connectivity index (χ1n) is 8.62. The Morgan fingerprint density at radius 3 is 3.00 bits per heavy atom. The summed E-state index contributed by atoms with van der Waals surface area (Å²) in [6.45, 7) is 4.56. The third kappa shape index (κ3) is 3.94. The van der Waals surface area contributed by atoms with Gasteiger partial charge < -0.3 is 14.6 Å². The Balaban J connectivity index is 1.61. The number of ether oxygens (including phenoxy) is 1. The molecule has 0 spiro atoms. The summed E-state index contributed by atoms with van der Waals surface area (Å²) in [5.41, 5.74) is -0.0473. The third-order valence-electron chi connectivity index (χ3n) is 4.72. The van der Waals surface area contributed by atoms with Gasteiger partial charge in [0.15, 0.2) is 0 Å². The molecule has 1 aliphatic carbocycles. The Morgan fingerprint density at radius 2 is 2.17 bits per heavy atom. The van der Waals surface area contributed by atoms with E-state index in [9.17, 15) is 4.79 Å². The normalized spacial score (nSPS) is 21.2. The molecule has 0 saturated heterocycles. The monoisotopic (exact) mass is 314 g/mol. The SMILES string of the molecule is CCCN(C)C[C@H]1CC[C@H](Oc2ccc3c(=O)[nH]ccc3c2)C1. The van der Waals surface area contributed by atoms with Gasteiger partial charge in [0.2, 0.25) is 0 Å². The molecule has 4 nitrogen and oxygen atoms in total. The number of pyridine rings is 1. The molecule has 4 heteroatoms. The fourth-order valence-corrected chi connectivity index (χ4v) is 3.65. The molecule has 1 fully saturated rings. The number of aromatic amines is 1. The minimum absolute atomic E-state index is 0.0473.